The molecule has 1 aromatic heterocycles. The van der Waals surface area contributed by atoms with Crippen molar-refractivity contribution in [3.05, 3.63) is 11.9 Å². The van der Waals surface area contributed by atoms with Gasteiger partial charge in [-0.2, -0.15) is 5.10 Å². The topological polar surface area (TPSA) is 96.2 Å². The largest absolute Gasteiger partial charge is 0.396 e. The van der Waals surface area contributed by atoms with Crippen LogP contribution >= 0.6 is 0 Å². The molecule has 1 aliphatic rings. The lowest BCUT2D eigenvalue weighted by Gasteiger charge is -2.01. The molecule has 1 fully saturated rings. The van der Waals surface area contributed by atoms with E-state index in [9.17, 15) is 4.79 Å². The SMILES string of the molecule is NC(=O)c1nn(COCC2CC2)cc1N. The van der Waals surface area contributed by atoms with Gasteiger partial charge in [-0.25, -0.2) is 4.68 Å². The highest BCUT2D eigenvalue weighted by molar-refractivity contribution is 5.95. The van der Waals surface area contributed by atoms with Crippen molar-refractivity contribution in [2.24, 2.45) is 11.7 Å². The molecular weight excluding hydrogens is 196 g/mol. The van der Waals surface area contributed by atoms with Crippen LogP contribution in [0.4, 0.5) is 5.69 Å². The summed E-state index contributed by atoms with van der Waals surface area (Å²) in [5.41, 5.74) is 11.0. The number of nitrogen functional groups attached to an aromatic ring is 1. The van der Waals surface area contributed by atoms with E-state index in [1.54, 1.807) is 6.20 Å². The molecule has 6 nitrogen and oxygen atoms in total. The van der Waals surface area contributed by atoms with Crippen molar-refractivity contribution in [2.75, 3.05) is 12.3 Å². The number of hydrogen-bond acceptors (Lipinski definition) is 4. The number of amides is 1. The van der Waals surface area contributed by atoms with E-state index in [0.29, 0.717) is 12.6 Å². The first-order chi connectivity index (χ1) is 7.16. The number of hydrogen-bond donors (Lipinski definition) is 2. The van der Waals surface area contributed by atoms with Gasteiger partial charge in [0, 0.05) is 0 Å². The Morgan fingerprint density at radius 3 is 2.93 bits per heavy atom. The van der Waals surface area contributed by atoms with Crippen molar-refractivity contribution in [1.82, 2.24) is 9.78 Å². The van der Waals surface area contributed by atoms with E-state index >= 15 is 0 Å². The molecule has 0 saturated heterocycles. The fraction of sp³-hybridized carbons (Fsp3) is 0.556. The second-order valence-electron chi connectivity index (χ2n) is 3.78. The lowest BCUT2D eigenvalue weighted by atomic mass is 10.4. The zero-order valence-corrected chi connectivity index (χ0v) is 8.35. The van der Waals surface area contributed by atoms with Crippen LogP contribution in [0.15, 0.2) is 6.20 Å². The van der Waals surface area contributed by atoms with E-state index in [1.165, 1.54) is 17.5 Å². The van der Waals surface area contributed by atoms with Gasteiger partial charge in [-0.1, -0.05) is 0 Å². The third-order valence-electron chi connectivity index (χ3n) is 2.30. The Labute approximate surface area is 87.2 Å². The first-order valence-electron chi connectivity index (χ1n) is 4.87. The highest BCUT2D eigenvalue weighted by Gasteiger charge is 2.21. The average molecular weight is 210 g/mol. The second-order valence-corrected chi connectivity index (χ2v) is 3.78. The second kappa shape index (κ2) is 3.90. The smallest absolute Gasteiger partial charge is 0.271 e. The van der Waals surface area contributed by atoms with Gasteiger partial charge in [0.05, 0.1) is 18.5 Å². The summed E-state index contributed by atoms with van der Waals surface area (Å²) in [5, 5.41) is 3.92. The van der Waals surface area contributed by atoms with Crippen LogP contribution in [0.25, 0.3) is 0 Å². The number of carbonyl (C=O) groups excluding carboxylic acids is 1. The number of rotatable bonds is 5. The van der Waals surface area contributed by atoms with E-state index in [4.69, 9.17) is 16.2 Å². The van der Waals surface area contributed by atoms with Gasteiger partial charge in [0.2, 0.25) is 0 Å². The van der Waals surface area contributed by atoms with E-state index in [0.717, 1.165) is 6.61 Å². The summed E-state index contributed by atoms with van der Waals surface area (Å²) in [5.74, 6) is 0.0852. The molecule has 15 heavy (non-hydrogen) atoms. The Hall–Kier alpha value is -1.56. The summed E-state index contributed by atoms with van der Waals surface area (Å²) in [4.78, 5) is 10.9. The normalized spacial score (nSPS) is 15.5. The zero-order chi connectivity index (χ0) is 10.8. The van der Waals surface area contributed by atoms with Crippen LogP contribution in [0.5, 0.6) is 0 Å². The van der Waals surface area contributed by atoms with Gasteiger partial charge in [-0.3, -0.25) is 4.79 Å². The quantitative estimate of drug-likeness (QED) is 0.712. The van der Waals surface area contributed by atoms with Crippen molar-refractivity contribution >= 4 is 11.6 Å². The lowest BCUT2D eigenvalue weighted by Crippen LogP contribution is -2.14. The van der Waals surface area contributed by atoms with Gasteiger partial charge in [-0.05, 0) is 18.8 Å². The summed E-state index contributed by atoms with van der Waals surface area (Å²) in [6.07, 6.45) is 4.04. The lowest BCUT2D eigenvalue weighted by molar-refractivity contribution is 0.0608. The summed E-state index contributed by atoms with van der Waals surface area (Å²) >= 11 is 0. The van der Waals surface area contributed by atoms with Crippen molar-refractivity contribution in [1.29, 1.82) is 0 Å². The molecule has 0 atom stereocenters. The standard InChI is InChI=1S/C9H14N4O2/c10-7-3-13(12-8(7)9(11)14)5-15-4-6-1-2-6/h3,6H,1-2,4-5,10H2,(H2,11,14). The van der Waals surface area contributed by atoms with Crippen molar-refractivity contribution in [3.8, 4) is 0 Å². The van der Waals surface area contributed by atoms with E-state index in [2.05, 4.69) is 5.10 Å². The van der Waals surface area contributed by atoms with Crippen molar-refractivity contribution in [2.45, 2.75) is 19.6 Å². The Balaban J connectivity index is 1.89. The average Bonchev–Trinajstić information content (AvgIpc) is 2.90. The summed E-state index contributed by atoms with van der Waals surface area (Å²) < 4.78 is 6.87. The van der Waals surface area contributed by atoms with Gasteiger partial charge in [0.25, 0.3) is 5.91 Å². The molecule has 0 aromatic carbocycles. The van der Waals surface area contributed by atoms with Crippen molar-refractivity contribution in [3.63, 3.8) is 0 Å². The molecule has 0 bridgehead atoms. The van der Waals surface area contributed by atoms with Crippen LogP contribution in [0.1, 0.15) is 23.3 Å². The van der Waals surface area contributed by atoms with E-state index in [1.807, 2.05) is 0 Å². The van der Waals surface area contributed by atoms with Crippen molar-refractivity contribution < 1.29 is 9.53 Å². The van der Waals surface area contributed by atoms with Crippen LogP contribution < -0.4 is 11.5 Å². The van der Waals surface area contributed by atoms with Gasteiger partial charge >= 0.3 is 0 Å². The minimum Gasteiger partial charge on any atom is -0.396 e. The molecule has 1 amide bonds. The molecular formula is C9H14N4O2. The number of anilines is 1. The van der Waals surface area contributed by atoms with Crippen LogP contribution in [0, 0.1) is 5.92 Å². The zero-order valence-electron chi connectivity index (χ0n) is 8.35. The minimum absolute atomic E-state index is 0.102. The Morgan fingerprint density at radius 1 is 1.67 bits per heavy atom. The number of nitrogens with two attached hydrogens (primary N) is 2. The predicted octanol–water partition coefficient (Wildman–Crippen LogP) is -0.0517. The number of nitrogens with zero attached hydrogens (tertiary/aromatic N) is 2. The maximum atomic E-state index is 10.9. The molecule has 1 heterocycles. The van der Waals surface area contributed by atoms with Gasteiger partial charge in [0.15, 0.2) is 5.69 Å². The molecule has 6 heteroatoms. The summed E-state index contributed by atoms with van der Waals surface area (Å²) in [6, 6.07) is 0. The minimum atomic E-state index is -0.617. The van der Waals surface area contributed by atoms with Crippen LogP contribution in [0.3, 0.4) is 0 Å². The molecule has 1 aliphatic carbocycles. The number of aromatic nitrogens is 2. The van der Waals surface area contributed by atoms with Crippen LogP contribution in [0.2, 0.25) is 0 Å². The van der Waals surface area contributed by atoms with E-state index < -0.39 is 5.91 Å². The van der Waals surface area contributed by atoms with E-state index in [-0.39, 0.29) is 11.4 Å². The molecule has 82 valence electrons. The van der Waals surface area contributed by atoms with Crippen LogP contribution in [-0.2, 0) is 11.5 Å². The first-order valence-corrected chi connectivity index (χ1v) is 4.87. The van der Waals surface area contributed by atoms with Crippen LogP contribution in [-0.4, -0.2) is 22.3 Å². The monoisotopic (exact) mass is 210 g/mol. The fourth-order valence-electron chi connectivity index (χ4n) is 1.29. The fourth-order valence-corrected chi connectivity index (χ4v) is 1.29. The number of primary amides is 1. The molecule has 1 aromatic rings. The molecule has 0 aliphatic heterocycles. The Bertz CT molecular complexity index is 370. The predicted molar refractivity (Wildman–Crippen MR) is 53.8 cm³/mol. The molecule has 1 saturated carbocycles. The maximum Gasteiger partial charge on any atom is 0.271 e. The molecule has 2 rings (SSSR count). The highest BCUT2D eigenvalue weighted by atomic mass is 16.5. The molecule has 0 radical (unpaired) electrons. The van der Waals surface area contributed by atoms with Gasteiger partial charge < -0.3 is 16.2 Å². The van der Waals surface area contributed by atoms with Gasteiger partial charge in [0.1, 0.15) is 6.73 Å². The first kappa shape index (κ1) is 9.97. The Morgan fingerprint density at radius 2 is 2.40 bits per heavy atom. The number of ether oxygens (including phenoxy) is 1. The third-order valence-corrected chi connectivity index (χ3v) is 2.30. The number of carbonyl (C=O) groups is 1. The molecule has 4 N–H and O–H groups in total. The maximum absolute atomic E-state index is 10.9. The van der Waals surface area contributed by atoms with Gasteiger partial charge in [-0.15, -0.1) is 0 Å². The Kier molecular flexibility index (Phi) is 2.59. The summed E-state index contributed by atoms with van der Waals surface area (Å²) in [7, 11) is 0. The summed E-state index contributed by atoms with van der Waals surface area (Å²) in [6.45, 7) is 1.06. The highest BCUT2D eigenvalue weighted by Crippen LogP contribution is 2.28. The molecule has 0 unspecified atom stereocenters. The third kappa shape index (κ3) is 2.47. The molecule has 0 spiro atoms.